The summed E-state index contributed by atoms with van der Waals surface area (Å²) in [6.45, 7) is 7.81. The Morgan fingerprint density at radius 2 is 1.21 bits per heavy atom. The second kappa shape index (κ2) is 25.3. The van der Waals surface area contributed by atoms with Gasteiger partial charge >= 0.3 is 0 Å². The lowest BCUT2D eigenvalue weighted by molar-refractivity contribution is -0.0790. The predicted octanol–water partition coefficient (Wildman–Crippen LogP) is 7.97. The zero-order valence-electron chi connectivity index (χ0n) is 23.0. The molecular weight excluding hydrogens is 430 g/mol. The molecule has 0 aliphatic heterocycles. The van der Waals surface area contributed by atoms with Crippen LogP contribution in [0.2, 0.25) is 0 Å². The summed E-state index contributed by atoms with van der Waals surface area (Å²) in [6.07, 6.45) is 27.1. The minimum Gasteiger partial charge on any atom is -0.396 e. The van der Waals surface area contributed by atoms with E-state index < -0.39 is 10.3 Å². The van der Waals surface area contributed by atoms with Crippen molar-refractivity contribution in [1.82, 2.24) is 5.32 Å². The molecule has 0 rings (SSSR count). The van der Waals surface area contributed by atoms with E-state index in [0.717, 1.165) is 45.4 Å². The molecular formula is C28H61NO3S. The zero-order valence-corrected chi connectivity index (χ0v) is 23.8. The van der Waals surface area contributed by atoms with Crippen molar-refractivity contribution in [2.75, 3.05) is 44.6 Å². The van der Waals surface area contributed by atoms with E-state index in [1.807, 2.05) is 0 Å². The first-order valence-corrected chi connectivity index (χ1v) is 16.9. The third-order valence-electron chi connectivity index (χ3n) is 6.21. The van der Waals surface area contributed by atoms with Crippen molar-refractivity contribution in [2.24, 2.45) is 0 Å². The largest absolute Gasteiger partial charge is 0.396 e. The summed E-state index contributed by atoms with van der Waals surface area (Å²) in [5.41, 5.74) is 0. The minimum absolute atomic E-state index is 0.00934. The lowest BCUT2D eigenvalue weighted by Gasteiger charge is -2.35. The van der Waals surface area contributed by atoms with Crippen LogP contribution < -0.4 is 5.32 Å². The fourth-order valence-corrected chi connectivity index (χ4v) is 5.78. The molecule has 0 heterocycles. The van der Waals surface area contributed by atoms with Gasteiger partial charge in [-0.05, 0) is 76.3 Å². The highest BCUT2D eigenvalue weighted by Crippen LogP contribution is 2.44. The van der Waals surface area contributed by atoms with Crippen molar-refractivity contribution >= 4 is 10.3 Å². The molecule has 0 saturated heterocycles. The van der Waals surface area contributed by atoms with E-state index >= 15 is 0 Å². The van der Waals surface area contributed by atoms with E-state index in [2.05, 4.69) is 31.7 Å². The molecule has 0 aliphatic rings. The molecule has 0 aromatic heterocycles. The summed E-state index contributed by atoms with van der Waals surface area (Å²) in [6, 6.07) is 0. The number of aliphatic hydroxyl groups excluding tert-OH is 1. The molecule has 0 saturated carbocycles. The molecule has 1 unspecified atom stereocenters. The van der Waals surface area contributed by atoms with Crippen LogP contribution in [0.5, 0.6) is 0 Å². The lowest BCUT2D eigenvalue weighted by atomic mass is 10.1. The first-order chi connectivity index (χ1) is 16.1. The molecule has 0 radical (unpaired) electrons. The predicted molar refractivity (Wildman–Crippen MR) is 150 cm³/mol. The van der Waals surface area contributed by atoms with Crippen molar-refractivity contribution in [1.29, 1.82) is 0 Å². The van der Waals surface area contributed by atoms with Crippen LogP contribution in [0.15, 0.2) is 0 Å². The molecule has 0 spiro atoms. The number of aliphatic hydroxyl groups is 1. The number of nitrogens with one attached hydrogen (secondary N) is 1. The third kappa shape index (κ3) is 25.1. The Bertz CT molecular complexity index is 382. The van der Waals surface area contributed by atoms with E-state index in [0.29, 0.717) is 6.61 Å². The van der Waals surface area contributed by atoms with Gasteiger partial charge < -0.3 is 19.3 Å². The van der Waals surface area contributed by atoms with Crippen LogP contribution >= 0.6 is 10.3 Å². The summed E-state index contributed by atoms with van der Waals surface area (Å²) in [5, 5.41) is 12.3. The van der Waals surface area contributed by atoms with Gasteiger partial charge in [0.2, 0.25) is 0 Å². The highest BCUT2D eigenvalue weighted by molar-refractivity contribution is 8.28. The Balaban J connectivity index is 4.08. The molecule has 33 heavy (non-hydrogen) atoms. The summed E-state index contributed by atoms with van der Waals surface area (Å²) < 4.78 is 12.9. The SMILES string of the molecule is CCCCCCCCS(C)(C)OC(CCCCCCC)OCCCCCCNCCCCO. The average Bonchev–Trinajstić information content (AvgIpc) is 2.79. The summed E-state index contributed by atoms with van der Waals surface area (Å²) >= 11 is 0. The van der Waals surface area contributed by atoms with Crippen molar-refractivity contribution in [3.63, 3.8) is 0 Å². The van der Waals surface area contributed by atoms with Crippen LogP contribution in [-0.4, -0.2) is 56.0 Å². The van der Waals surface area contributed by atoms with Crippen LogP contribution in [0.4, 0.5) is 0 Å². The molecule has 2 N–H and O–H groups in total. The van der Waals surface area contributed by atoms with Crippen LogP contribution in [0, 0.1) is 0 Å². The van der Waals surface area contributed by atoms with Gasteiger partial charge in [-0.15, -0.1) is 10.3 Å². The van der Waals surface area contributed by atoms with Gasteiger partial charge in [0.1, 0.15) is 0 Å². The molecule has 4 nitrogen and oxygen atoms in total. The standard InChI is InChI=1S/C28H61NO3S/c1-5-7-9-11-15-21-27-33(3,4)32-28(22-16-12-10-8-6-2)31-26-20-14-13-17-23-29-24-18-19-25-30/h28-30H,5-27H2,1-4H3. The topological polar surface area (TPSA) is 50.7 Å². The van der Waals surface area contributed by atoms with Gasteiger partial charge in [-0.3, -0.25) is 0 Å². The summed E-state index contributed by atoms with van der Waals surface area (Å²) in [4.78, 5) is 0. The smallest absolute Gasteiger partial charge is 0.168 e. The third-order valence-corrected chi connectivity index (χ3v) is 8.22. The monoisotopic (exact) mass is 491 g/mol. The van der Waals surface area contributed by atoms with Crippen LogP contribution in [0.1, 0.15) is 129 Å². The van der Waals surface area contributed by atoms with Crippen LogP contribution in [0.3, 0.4) is 0 Å². The van der Waals surface area contributed by atoms with Crippen molar-refractivity contribution < 1.29 is 14.0 Å². The highest BCUT2D eigenvalue weighted by atomic mass is 32.3. The molecule has 1 atom stereocenters. The minimum atomic E-state index is -1.03. The number of rotatable bonds is 27. The molecule has 5 heteroatoms. The van der Waals surface area contributed by atoms with Crippen LogP contribution in [-0.2, 0) is 8.92 Å². The maximum Gasteiger partial charge on any atom is 0.168 e. The van der Waals surface area contributed by atoms with Gasteiger partial charge in [-0.2, -0.15) is 0 Å². The van der Waals surface area contributed by atoms with Crippen LogP contribution in [0.25, 0.3) is 0 Å². The Kier molecular flexibility index (Phi) is 25.4. The number of ether oxygens (including phenoxy) is 1. The first kappa shape index (κ1) is 33.2. The Morgan fingerprint density at radius 1 is 0.667 bits per heavy atom. The Labute approximate surface area is 209 Å². The fourth-order valence-electron chi connectivity index (χ4n) is 4.05. The van der Waals surface area contributed by atoms with E-state index in [1.54, 1.807) is 0 Å². The van der Waals surface area contributed by atoms with E-state index in [4.69, 9.17) is 14.0 Å². The summed E-state index contributed by atoms with van der Waals surface area (Å²) in [7, 11) is -1.03. The first-order valence-electron chi connectivity index (χ1n) is 14.4. The fraction of sp³-hybridized carbons (Fsp3) is 1.00. The van der Waals surface area contributed by atoms with E-state index in [-0.39, 0.29) is 6.29 Å². The Hall–Kier alpha value is 0.190. The van der Waals surface area contributed by atoms with E-state index in [9.17, 15) is 0 Å². The second-order valence-corrected chi connectivity index (χ2v) is 13.6. The van der Waals surface area contributed by atoms with Crippen molar-refractivity contribution in [3.8, 4) is 0 Å². The van der Waals surface area contributed by atoms with Gasteiger partial charge in [0, 0.05) is 13.2 Å². The molecule has 0 amide bonds. The zero-order chi connectivity index (χ0) is 24.5. The molecule has 0 aromatic rings. The normalized spacial score (nSPS) is 13.5. The molecule has 0 fully saturated rings. The maximum atomic E-state index is 8.80. The molecule has 0 aliphatic carbocycles. The van der Waals surface area contributed by atoms with Gasteiger partial charge in [-0.1, -0.05) is 84.5 Å². The van der Waals surface area contributed by atoms with Gasteiger partial charge in [0.05, 0.1) is 0 Å². The number of unbranched alkanes of at least 4 members (excludes halogenated alkanes) is 13. The molecule has 0 bridgehead atoms. The lowest BCUT2D eigenvalue weighted by Crippen LogP contribution is -2.21. The van der Waals surface area contributed by atoms with Crippen molar-refractivity contribution in [3.05, 3.63) is 0 Å². The van der Waals surface area contributed by atoms with Gasteiger partial charge in [0.25, 0.3) is 0 Å². The summed E-state index contributed by atoms with van der Waals surface area (Å²) in [5.74, 6) is 1.21. The van der Waals surface area contributed by atoms with Gasteiger partial charge in [-0.25, -0.2) is 0 Å². The molecule has 202 valence electrons. The van der Waals surface area contributed by atoms with E-state index in [1.165, 1.54) is 95.6 Å². The second-order valence-electron chi connectivity index (χ2n) is 10.1. The average molecular weight is 492 g/mol. The van der Waals surface area contributed by atoms with Crippen molar-refractivity contribution in [2.45, 2.75) is 136 Å². The maximum absolute atomic E-state index is 8.80. The van der Waals surface area contributed by atoms with Gasteiger partial charge in [0.15, 0.2) is 6.29 Å². The Morgan fingerprint density at radius 3 is 1.88 bits per heavy atom. The highest BCUT2D eigenvalue weighted by Gasteiger charge is 2.19. The molecule has 0 aromatic carbocycles. The number of hydrogen-bond acceptors (Lipinski definition) is 4. The quantitative estimate of drug-likeness (QED) is 0.0903. The number of hydrogen-bond donors (Lipinski definition) is 2.